The van der Waals surface area contributed by atoms with Crippen LogP contribution < -0.4 is 5.32 Å². The third-order valence-electron chi connectivity index (χ3n) is 5.87. The van der Waals surface area contributed by atoms with Gasteiger partial charge >= 0.3 is 0 Å². The van der Waals surface area contributed by atoms with Gasteiger partial charge in [-0.3, -0.25) is 9.59 Å². The second kappa shape index (κ2) is 6.96. The van der Waals surface area contributed by atoms with Crippen LogP contribution in [0.1, 0.15) is 43.2 Å². The lowest BCUT2D eigenvalue weighted by Gasteiger charge is -2.24. The second-order valence-corrected chi connectivity index (χ2v) is 7.70. The van der Waals surface area contributed by atoms with Crippen molar-refractivity contribution in [2.24, 2.45) is 17.8 Å². The standard InChI is InChI=1S/C20H28N2O2/c1-13-5-4-6-14(2)20(13)21-18(23)12-22(3)19(24)11-17-10-15-7-8-16(17)9-15/h4-6,15-17H,7-12H2,1-3H3,(H,21,23)/t15-,16-,17+/m1/s1. The molecule has 130 valence electrons. The van der Waals surface area contributed by atoms with E-state index >= 15 is 0 Å². The van der Waals surface area contributed by atoms with Crippen molar-refractivity contribution in [3.63, 3.8) is 0 Å². The predicted octanol–water partition coefficient (Wildman–Crippen LogP) is 3.53. The highest BCUT2D eigenvalue weighted by Crippen LogP contribution is 2.49. The van der Waals surface area contributed by atoms with Crippen LogP contribution in [0.2, 0.25) is 0 Å². The molecular weight excluding hydrogens is 300 g/mol. The summed E-state index contributed by atoms with van der Waals surface area (Å²) in [5.74, 6) is 2.11. The third-order valence-corrected chi connectivity index (χ3v) is 5.87. The molecule has 4 nitrogen and oxygen atoms in total. The van der Waals surface area contributed by atoms with E-state index in [9.17, 15) is 9.59 Å². The van der Waals surface area contributed by atoms with Gasteiger partial charge in [0.25, 0.3) is 0 Å². The Morgan fingerprint density at radius 1 is 1.17 bits per heavy atom. The van der Waals surface area contributed by atoms with Crippen molar-refractivity contribution in [1.29, 1.82) is 0 Å². The monoisotopic (exact) mass is 328 g/mol. The molecule has 0 spiro atoms. The zero-order valence-electron chi connectivity index (χ0n) is 15.0. The molecular formula is C20H28N2O2. The number of likely N-dealkylation sites (N-methyl/N-ethyl adjacent to an activating group) is 1. The lowest BCUT2D eigenvalue weighted by Crippen LogP contribution is -2.36. The molecule has 2 amide bonds. The predicted molar refractivity (Wildman–Crippen MR) is 95.7 cm³/mol. The lowest BCUT2D eigenvalue weighted by molar-refractivity contribution is -0.134. The normalized spacial score (nSPS) is 24.9. The molecule has 4 heteroatoms. The highest BCUT2D eigenvalue weighted by molar-refractivity contribution is 5.95. The molecule has 1 N–H and O–H groups in total. The summed E-state index contributed by atoms with van der Waals surface area (Å²) in [5, 5.41) is 2.95. The molecule has 2 bridgehead atoms. The molecule has 0 aromatic heterocycles. The van der Waals surface area contributed by atoms with E-state index in [-0.39, 0.29) is 18.4 Å². The van der Waals surface area contributed by atoms with E-state index in [0.29, 0.717) is 12.3 Å². The van der Waals surface area contributed by atoms with Crippen molar-refractivity contribution in [2.75, 3.05) is 18.9 Å². The molecule has 3 atom stereocenters. The van der Waals surface area contributed by atoms with Gasteiger partial charge in [0, 0.05) is 19.2 Å². The molecule has 0 aliphatic heterocycles. The van der Waals surface area contributed by atoms with Crippen molar-refractivity contribution >= 4 is 17.5 Å². The number of benzene rings is 1. The Bertz CT molecular complexity index is 620. The SMILES string of the molecule is Cc1cccc(C)c1NC(=O)CN(C)C(=O)C[C@@H]1C[C@@H]2CC[C@@H]1C2. The molecule has 24 heavy (non-hydrogen) atoms. The average Bonchev–Trinajstić information content (AvgIpc) is 3.13. The number of carbonyl (C=O) groups is 2. The lowest BCUT2D eigenvalue weighted by atomic mass is 9.86. The summed E-state index contributed by atoms with van der Waals surface area (Å²) < 4.78 is 0. The fraction of sp³-hybridized carbons (Fsp3) is 0.600. The first kappa shape index (κ1) is 17.0. The van der Waals surface area contributed by atoms with E-state index in [1.165, 1.54) is 25.7 Å². The van der Waals surface area contributed by atoms with Gasteiger partial charge in [0.2, 0.25) is 11.8 Å². The van der Waals surface area contributed by atoms with Crippen molar-refractivity contribution in [2.45, 2.75) is 46.0 Å². The largest absolute Gasteiger partial charge is 0.336 e. The van der Waals surface area contributed by atoms with Crippen LogP contribution in [0.3, 0.4) is 0 Å². The van der Waals surface area contributed by atoms with Crippen LogP contribution in [0, 0.1) is 31.6 Å². The molecule has 0 unspecified atom stereocenters. The number of rotatable bonds is 5. The van der Waals surface area contributed by atoms with Crippen LogP contribution in [-0.4, -0.2) is 30.3 Å². The highest BCUT2D eigenvalue weighted by Gasteiger charge is 2.40. The number of para-hydroxylation sites is 1. The van der Waals surface area contributed by atoms with Gasteiger partial charge in [0.1, 0.15) is 0 Å². The van der Waals surface area contributed by atoms with E-state index in [2.05, 4.69) is 5.32 Å². The molecule has 0 saturated heterocycles. The minimum atomic E-state index is -0.129. The van der Waals surface area contributed by atoms with E-state index in [0.717, 1.165) is 28.7 Å². The third kappa shape index (κ3) is 3.63. The van der Waals surface area contributed by atoms with Crippen molar-refractivity contribution in [3.8, 4) is 0 Å². The molecule has 2 fully saturated rings. The van der Waals surface area contributed by atoms with Crippen LogP contribution in [0.15, 0.2) is 18.2 Å². The Hall–Kier alpha value is -1.84. The molecule has 2 aliphatic rings. The summed E-state index contributed by atoms with van der Waals surface area (Å²) in [5.41, 5.74) is 2.94. The zero-order valence-corrected chi connectivity index (χ0v) is 15.0. The summed E-state index contributed by atoms with van der Waals surface area (Å²) in [7, 11) is 1.74. The van der Waals surface area contributed by atoms with Crippen molar-refractivity contribution in [3.05, 3.63) is 29.3 Å². The zero-order chi connectivity index (χ0) is 17.3. The van der Waals surface area contributed by atoms with Gasteiger partial charge in [0.15, 0.2) is 0 Å². The number of fused-ring (bicyclic) bond motifs is 2. The van der Waals surface area contributed by atoms with Crippen LogP contribution in [0.25, 0.3) is 0 Å². The Morgan fingerprint density at radius 2 is 1.88 bits per heavy atom. The van der Waals surface area contributed by atoms with Crippen LogP contribution >= 0.6 is 0 Å². The molecule has 2 saturated carbocycles. The summed E-state index contributed by atoms with van der Waals surface area (Å²) in [6, 6.07) is 5.94. The fourth-order valence-electron chi connectivity index (χ4n) is 4.50. The van der Waals surface area contributed by atoms with Gasteiger partial charge < -0.3 is 10.2 Å². The molecule has 0 heterocycles. The number of anilines is 1. The first-order valence-electron chi connectivity index (χ1n) is 9.04. The number of carbonyl (C=O) groups excluding carboxylic acids is 2. The van der Waals surface area contributed by atoms with Crippen molar-refractivity contribution < 1.29 is 9.59 Å². The Balaban J connectivity index is 1.51. The van der Waals surface area contributed by atoms with Gasteiger partial charge in [-0.2, -0.15) is 0 Å². The van der Waals surface area contributed by atoms with E-state index in [1.54, 1.807) is 11.9 Å². The van der Waals surface area contributed by atoms with E-state index < -0.39 is 0 Å². The fourth-order valence-corrected chi connectivity index (χ4v) is 4.50. The first-order valence-corrected chi connectivity index (χ1v) is 9.04. The number of amides is 2. The maximum atomic E-state index is 12.4. The van der Waals surface area contributed by atoms with Crippen LogP contribution in [0.4, 0.5) is 5.69 Å². The average molecular weight is 328 g/mol. The van der Waals surface area contributed by atoms with Crippen LogP contribution in [0.5, 0.6) is 0 Å². The number of aryl methyl sites for hydroxylation is 2. The number of hydrogen-bond acceptors (Lipinski definition) is 2. The molecule has 2 aliphatic carbocycles. The summed E-state index contributed by atoms with van der Waals surface area (Å²) in [6.07, 6.45) is 5.77. The Kier molecular flexibility index (Phi) is 4.93. The van der Waals surface area contributed by atoms with Gasteiger partial charge in [-0.25, -0.2) is 0 Å². The Morgan fingerprint density at radius 3 is 2.46 bits per heavy atom. The maximum absolute atomic E-state index is 12.4. The quantitative estimate of drug-likeness (QED) is 0.899. The smallest absolute Gasteiger partial charge is 0.243 e. The maximum Gasteiger partial charge on any atom is 0.243 e. The summed E-state index contributed by atoms with van der Waals surface area (Å²) in [6.45, 7) is 4.08. The molecule has 1 aromatic rings. The van der Waals surface area contributed by atoms with Crippen LogP contribution in [-0.2, 0) is 9.59 Å². The summed E-state index contributed by atoms with van der Waals surface area (Å²) in [4.78, 5) is 26.3. The minimum absolute atomic E-state index is 0.101. The summed E-state index contributed by atoms with van der Waals surface area (Å²) >= 11 is 0. The van der Waals surface area contributed by atoms with Gasteiger partial charge in [-0.15, -0.1) is 0 Å². The highest BCUT2D eigenvalue weighted by atomic mass is 16.2. The number of hydrogen-bond donors (Lipinski definition) is 1. The molecule has 0 radical (unpaired) electrons. The van der Waals surface area contributed by atoms with Gasteiger partial charge in [-0.05, 0) is 62.0 Å². The number of nitrogens with one attached hydrogen (secondary N) is 1. The first-order chi connectivity index (χ1) is 11.4. The Labute approximate surface area is 144 Å². The minimum Gasteiger partial charge on any atom is -0.336 e. The van der Waals surface area contributed by atoms with E-state index in [4.69, 9.17) is 0 Å². The molecule has 1 aromatic carbocycles. The second-order valence-electron chi connectivity index (χ2n) is 7.70. The molecule has 3 rings (SSSR count). The van der Waals surface area contributed by atoms with Gasteiger partial charge in [-0.1, -0.05) is 24.6 Å². The van der Waals surface area contributed by atoms with Gasteiger partial charge in [0.05, 0.1) is 6.54 Å². The topological polar surface area (TPSA) is 49.4 Å². The van der Waals surface area contributed by atoms with E-state index in [1.807, 2.05) is 32.0 Å². The number of nitrogens with zero attached hydrogens (tertiary/aromatic N) is 1. The van der Waals surface area contributed by atoms with Crippen molar-refractivity contribution in [1.82, 2.24) is 4.90 Å².